The van der Waals surface area contributed by atoms with Crippen molar-refractivity contribution >= 4 is 9.24 Å². The second-order valence-corrected chi connectivity index (χ2v) is 2.39. The highest BCUT2D eigenvalue weighted by atomic mass is 31.0. The van der Waals surface area contributed by atoms with E-state index < -0.39 is 5.47 Å². The highest BCUT2D eigenvalue weighted by Gasteiger charge is 1.98. The van der Waals surface area contributed by atoms with Crippen LogP contribution in [0, 0.1) is 0 Å². The Morgan fingerprint density at radius 3 is 2.00 bits per heavy atom. The minimum Gasteiger partial charge on any atom is -0.373 e. The molecule has 2 unspecified atom stereocenters. The van der Waals surface area contributed by atoms with Crippen molar-refractivity contribution in [2.45, 2.75) is 12.4 Å². The highest BCUT2D eigenvalue weighted by Crippen LogP contribution is 1.99. The Balaban J connectivity index is 3.02. The minimum atomic E-state index is -1.08. The summed E-state index contributed by atoms with van der Waals surface area (Å²) in [5.41, 5.74) is 3.79. The zero-order valence-corrected chi connectivity index (χ0v) is 4.26. The van der Waals surface area contributed by atoms with Crippen molar-refractivity contribution in [2.75, 3.05) is 0 Å². The molecule has 0 aliphatic rings. The largest absolute Gasteiger partial charge is 0.373 e. The van der Waals surface area contributed by atoms with E-state index in [0.717, 1.165) is 0 Å². The van der Waals surface area contributed by atoms with Gasteiger partial charge in [0.05, 0.1) is 0 Å². The second-order valence-electron chi connectivity index (χ2n) is 1.23. The van der Waals surface area contributed by atoms with Crippen LogP contribution in [-0.2, 0) is 0 Å². The van der Waals surface area contributed by atoms with Gasteiger partial charge in [0.25, 0.3) is 0 Å². The van der Waals surface area contributed by atoms with Crippen LogP contribution >= 0.6 is 9.24 Å². The molecular formula is C2H8NOP. The third-order valence-corrected chi connectivity index (χ3v) is 0. The molecule has 0 aromatic carbocycles. The fourth-order valence-electron chi connectivity index (χ4n) is 0. The number of rotatable bonds is 0. The lowest BCUT2D eigenvalue weighted by atomic mass is 10.7. The quantitative estimate of drug-likeness (QED) is 0.313. The first-order valence-corrected chi connectivity index (χ1v) is 1.88. The number of hydrogen-bond donors (Lipinski definition) is 2. The molecule has 0 saturated carbocycles. The molecule has 5 heavy (non-hydrogen) atoms. The van der Waals surface area contributed by atoms with Gasteiger partial charge in [-0.3, -0.25) is 0 Å². The van der Waals surface area contributed by atoms with Crippen LogP contribution < -0.4 is 5.73 Å². The van der Waals surface area contributed by atoms with Gasteiger partial charge in [-0.2, -0.15) is 0 Å². The maximum absolute atomic E-state index is 8.26. The predicted octanol–water partition coefficient (Wildman–Crippen LogP) is -0.514. The zero-order valence-electron chi connectivity index (χ0n) is 3.10. The van der Waals surface area contributed by atoms with Crippen LogP contribution in [0.3, 0.4) is 0 Å². The Hall–Kier alpha value is 0.350. The van der Waals surface area contributed by atoms with E-state index in [9.17, 15) is 0 Å². The molecule has 0 bridgehead atoms. The van der Waals surface area contributed by atoms with E-state index in [2.05, 4.69) is 0 Å². The summed E-state index contributed by atoms with van der Waals surface area (Å²) in [7, 11) is 2.05. The van der Waals surface area contributed by atoms with Crippen molar-refractivity contribution in [3.8, 4) is 0 Å². The van der Waals surface area contributed by atoms with Crippen molar-refractivity contribution in [1.29, 1.82) is 0 Å². The summed E-state index contributed by atoms with van der Waals surface area (Å²) in [5.74, 6) is 0. The molecule has 32 valence electrons. The average Bonchev–Trinajstić information content (AvgIpc) is 0.722. The van der Waals surface area contributed by atoms with E-state index >= 15 is 0 Å². The summed E-state index contributed by atoms with van der Waals surface area (Å²) in [5, 5.41) is 8.26. The Labute approximate surface area is 33.6 Å². The van der Waals surface area contributed by atoms with Gasteiger partial charge in [0, 0.05) is 0 Å². The van der Waals surface area contributed by atoms with E-state index in [1.165, 1.54) is 6.92 Å². The van der Waals surface area contributed by atoms with E-state index in [0.29, 0.717) is 0 Å². The predicted molar refractivity (Wildman–Crippen MR) is 24.5 cm³/mol. The molecule has 2 nitrogen and oxygen atoms in total. The SMILES string of the molecule is CC(N)(O)P. The van der Waals surface area contributed by atoms with Crippen LogP contribution in [-0.4, -0.2) is 10.6 Å². The van der Waals surface area contributed by atoms with Gasteiger partial charge in [0.15, 0.2) is 0 Å². The third-order valence-electron chi connectivity index (χ3n) is 0. The third kappa shape index (κ3) is 196. The van der Waals surface area contributed by atoms with Gasteiger partial charge in [0.2, 0.25) is 0 Å². The number of aliphatic hydroxyl groups is 1. The Morgan fingerprint density at radius 2 is 2.00 bits per heavy atom. The second kappa shape index (κ2) is 1.21. The minimum absolute atomic E-state index is 1.08. The van der Waals surface area contributed by atoms with Crippen LogP contribution in [0.4, 0.5) is 0 Å². The lowest BCUT2D eigenvalue weighted by Gasteiger charge is -2.05. The van der Waals surface area contributed by atoms with Gasteiger partial charge < -0.3 is 10.8 Å². The van der Waals surface area contributed by atoms with Crippen LogP contribution in [0.1, 0.15) is 6.92 Å². The zero-order chi connectivity index (χ0) is 4.50. The lowest BCUT2D eigenvalue weighted by Crippen LogP contribution is -2.26. The molecule has 2 atom stereocenters. The van der Waals surface area contributed by atoms with Crippen molar-refractivity contribution in [3.05, 3.63) is 0 Å². The van der Waals surface area contributed by atoms with Crippen molar-refractivity contribution in [2.24, 2.45) is 5.73 Å². The lowest BCUT2D eigenvalue weighted by molar-refractivity contribution is 0.165. The van der Waals surface area contributed by atoms with Gasteiger partial charge in [-0.15, -0.1) is 0 Å². The topological polar surface area (TPSA) is 46.2 Å². The molecule has 0 fully saturated rings. The van der Waals surface area contributed by atoms with Gasteiger partial charge in [-0.05, 0) is 6.92 Å². The number of nitrogens with two attached hydrogens (primary N) is 1. The van der Waals surface area contributed by atoms with Crippen molar-refractivity contribution in [1.82, 2.24) is 0 Å². The van der Waals surface area contributed by atoms with Gasteiger partial charge >= 0.3 is 0 Å². The molecule has 3 N–H and O–H groups in total. The van der Waals surface area contributed by atoms with Gasteiger partial charge in [0.1, 0.15) is 5.47 Å². The molecule has 0 saturated heterocycles. The number of hydrogen-bond acceptors (Lipinski definition) is 2. The molecule has 0 aromatic heterocycles. The smallest absolute Gasteiger partial charge is 0.123 e. The molecule has 3 heteroatoms. The molecule has 0 radical (unpaired) electrons. The molecule has 0 rings (SSSR count). The summed E-state index contributed by atoms with van der Waals surface area (Å²) in [6.07, 6.45) is 0. The standard InChI is InChI=1S/C2H8NOP/c1-2(3,4)5/h4H,3,5H2,1H3. The summed E-state index contributed by atoms with van der Waals surface area (Å²) in [6.45, 7) is 1.48. The summed E-state index contributed by atoms with van der Waals surface area (Å²) in [4.78, 5) is 0. The molecule has 0 spiro atoms. The van der Waals surface area contributed by atoms with E-state index in [-0.39, 0.29) is 0 Å². The molecule has 0 heterocycles. The first-order chi connectivity index (χ1) is 2.00. The van der Waals surface area contributed by atoms with E-state index in [4.69, 9.17) is 10.8 Å². The summed E-state index contributed by atoms with van der Waals surface area (Å²) >= 11 is 0. The normalized spacial score (nSPS) is 21.6. The fraction of sp³-hybridized carbons (Fsp3) is 1.00. The fourth-order valence-corrected chi connectivity index (χ4v) is 0. The van der Waals surface area contributed by atoms with E-state index in [1.807, 2.05) is 9.24 Å². The van der Waals surface area contributed by atoms with E-state index in [1.54, 1.807) is 0 Å². The van der Waals surface area contributed by atoms with Crippen LogP contribution in [0.2, 0.25) is 0 Å². The molecular weight excluding hydrogens is 85.0 g/mol. The summed E-state index contributed by atoms with van der Waals surface area (Å²) < 4.78 is 0. The first kappa shape index (κ1) is 5.35. The average molecular weight is 93.1 g/mol. The molecule has 0 amide bonds. The first-order valence-electron chi connectivity index (χ1n) is 1.30. The maximum atomic E-state index is 8.26. The maximum Gasteiger partial charge on any atom is 0.123 e. The Kier molecular flexibility index (Phi) is 1.30. The van der Waals surface area contributed by atoms with Crippen molar-refractivity contribution < 1.29 is 5.11 Å². The summed E-state index contributed by atoms with van der Waals surface area (Å²) in [6, 6.07) is 0. The van der Waals surface area contributed by atoms with Crippen molar-refractivity contribution in [3.63, 3.8) is 0 Å². The monoisotopic (exact) mass is 93.0 g/mol. The Morgan fingerprint density at radius 1 is 2.00 bits per heavy atom. The van der Waals surface area contributed by atoms with Gasteiger partial charge in [-0.1, -0.05) is 9.24 Å². The molecule has 0 aromatic rings. The highest BCUT2D eigenvalue weighted by molar-refractivity contribution is 7.18. The molecule has 0 aliphatic carbocycles. The van der Waals surface area contributed by atoms with Crippen LogP contribution in [0.15, 0.2) is 0 Å². The molecule has 0 aliphatic heterocycles. The van der Waals surface area contributed by atoms with Crippen LogP contribution in [0.25, 0.3) is 0 Å². The Bertz CT molecular complexity index is 25.1. The van der Waals surface area contributed by atoms with Gasteiger partial charge in [-0.25, -0.2) is 0 Å². The van der Waals surface area contributed by atoms with Crippen LogP contribution in [0.5, 0.6) is 0 Å².